The predicted molar refractivity (Wildman–Crippen MR) is 88.7 cm³/mol. The molecule has 3 nitrogen and oxygen atoms in total. The van der Waals surface area contributed by atoms with E-state index in [9.17, 15) is 0 Å². The van der Waals surface area contributed by atoms with Crippen LogP contribution in [-0.4, -0.2) is 53.9 Å². The number of morpholine rings is 1. The van der Waals surface area contributed by atoms with Gasteiger partial charge in [0.25, 0.3) is 0 Å². The fraction of sp³-hybridized carbons (Fsp3) is 0.533. The third kappa shape index (κ3) is 3.93. The lowest BCUT2D eigenvalue weighted by atomic mass is 10.2. The molecule has 2 aliphatic heterocycles. The van der Waals surface area contributed by atoms with E-state index in [1.54, 1.807) is 0 Å². The quantitative estimate of drug-likeness (QED) is 0.854. The molecule has 1 aromatic carbocycles. The Kier molecular flexibility index (Phi) is 5.28. The summed E-state index contributed by atoms with van der Waals surface area (Å²) in [5.74, 6) is 2.28. The molecular weight excluding hydrogens is 288 g/mol. The molecule has 0 unspecified atom stereocenters. The number of benzene rings is 1. The molecule has 1 atom stereocenters. The molecule has 0 aliphatic carbocycles. The first kappa shape index (κ1) is 14.3. The van der Waals surface area contributed by atoms with Crippen LogP contribution in [0.4, 0.5) is 0 Å². The van der Waals surface area contributed by atoms with Gasteiger partial charge >= 0.3 is 0 Å². The second-order valence-electron chi connectivity index (χ2n) is 4.96. The van der Waals surface area contributed by atoms with Gasteiger partial charge in [-0.1, -0.05) is 42.1 Å². The average Bonchev–Trinajstić information content (AvgIpc) is 2.98. The van der Waals surface area contributed by atoms with E-state index in [1.807, 2.05) is 23.5 Å². The van der Waals surface area contributed by atoms with E-state index in [1.165, 1.54) is 16.5 Å². The van der Waals surface area contributed by atoms with Crippen molar-refractivity contribution in [1.29, 1.82) is 0 Å². The zero-order valence-electron chi connectivity index (χ0n) is 11.5. The molecule has 2 heterocycles. The highest BCUT2D eigenvalue weighted by molar-refractivity contribution is 8.15. The highest BCUT2D eigenvalue weighted by atomic mass is 32.2. The Morgan fingerprint density at radius 1 is 1.25 bits per heavy atom. The van der Waals surface area contributed by atoms with Crippen LogP contribution in [0.3, 0.4) is 0 Å². The summed E-state index contributed by atoms with van der Waals surface area (Å²) in [5, 5.41) is 1.88. The summed E-state index contributed by atoms with van der Waals surface area (Å²) >= 11 is 3.97. The molecule has 20 heavy (non-hydrogen) atoms. The van der Waals surface area contributed by atoms with E-state index in [0.717, 1.165) is 38.6 Å². The van der Waals surface area contributed by atoms with Crippen molar-refractivity contribution in [3.63, 3.8) is 0 Å². The first-order chi connectivity index (χ1) is 9.92. The Morgan fingerprint density at radius 3 is 2.85 bits per heavy atom. The van der Waals surface area contributed by atoms with Gasteiger partial charge in [0.15, 0.2) is 5.17 Å². The minimum Gasteiger partial charge on any atom is -0.378 e. The fourth-order valence-electron chi connectivity index (χ4n) is 2.30. The first-order valence-electron chi connectivity index (χ1n) is 7.07. The minimum absolute atomic E-state index is 0.640. The van der Waals surface area contributed by atoms with Crippen LogP contribution in [0.5, 0.6) is 0 Å². The molecule has 0 amide bonds. The van der Waals surface area contributed by atoms with Crippen molar-refractivity contribution in [3.8, 4) is 0 Å². The summed E-state index contributed by atoms with van der Waals surface area (Å²) in [6, 6.07) is 10.7. The summed E-state index contributed by atoms with van der Waals surface area (Å²) in [4.78, 5) is 7.07. The number of nitrogens with zero attached hydrogens (tertiary/aromatic N) is 2. The van der Waals surface area contributed by atoms with Crippen molar-refractivity contribution in [2.75, 3.05) is 38.6 Å². The summed E-state index contributed by atoms with van der Waals surface area (Å²) in [5.41, 5.74) is 1.41. The van der Waals surface area contributed by atoms with Gasteiger partial charge in [0.2, 0.25) is 0 Å². The van der Waals surface area contributed by atoms with E-state index >= 15 is 0 Å². The highest BCUT2D eigenvalue weighted by Gasteiger charge is 2.24. The molecule has 2 aliphatic rings. The second kappa shape index (κ2) is 7.38. The van der Waals surface area contributed by atoms with Crippen LogP contribution in [0.25, 0.3) is 0 Å². The SMILES string of the molecule is c1ccc(CSC[C@H]2CN=C(N3CCOCC3)S2)cc1. The van der Waals surface area contributed by atoms with Crippen molar-refractivity contribution in [2.45, 2.75) is 11.0 Å². The number of thioether (sulfide) groups is 2. The Balaban J connectivity index is 1.38. The molecule has 1 aromatic rings. The fourth-order valence-corrected chi connectivity index (χ4v) is 4.70. The van der Waals surface area contributed by atoms with Gasteiger partial charge in [-0.2, -0.15) is 11.8 Å². The molecule has 0 spiro atoms. The molecule has 108 valence electrons. The Hall–Kier alpha value is -0.650. The lowest BCUT2D eigenvalue weighted by Crippen LogP contribution is -2.39. The van der Waals surface area contributed by atoms with Crippen molar-refractivity contribution in [2.24, 2.45) is 4.99 Å². The monoisotopic (exact) mass is 308 g/mol. The molecule has 0 saturated carbocycles. The topological polar surface area (TPSA) is 24.8 Å². The van der Waals surface area contributed by atoms with E-state index < -0.39 is 0 Å². The van der Waals surface area contributed by atoms with Crippen molar-refractivity contribution in [1.82, 2.24) is 4.90 Å². The zero-order valence-corrected chi connectivity index (χ0v) is 13.2. The molecule has 5 heteroatoms. The lowest BCUT2D eigenvalue weighted by Gasteiger charge is -2.28. The maximum atomic E-state index is 5.39. The summed E-state index contributed by atoms with van der Waals surface area (Å²) in [6.07, 6.45) is 0. The number of amidine groups is 1. The van der Waals surface area contributed by atoms with Gasteiger partial charge in [-0.25, -0.2) is 0 Å². The minimum atomic E-state index is 0.640. The van der Waals surface area contributed by atoms with Gasteiger partial charge in [0, 0.05) is 29.8 Å². The van der Waals surface area contributed by atoms with Crippen LogP contribution < -0.4 is 0 Å². The smallest absolute Gasteiger partial charge is 0.159 e. The van der Waals surface area contributed by atoms with Crippen molar-refractivity contribution in [3.05, 3.63) is 35.9 Å². The van der Waals surface area contributed by atoms with Crippen molar-refractivity contribution >= 4 is 28.7 Å². The number of hydrogen-bond donors (Lipinski definition) is 0. The molecule has 1 saturated heterocycles. The van der Waals surface area contributed by atoms with Crippen LogP contribution in [0.2, 0.25) is 0 Å². The standard InChI is InChI=1S/C15H20N2OS2/c1-2-4-13(5-3-1)11-19-12-14-10-16-15(20-14)17-6-8-18-9-7-17/h1-5,14H,6-12H2/t14-/m1/s1. The molecule has 1 fully saturated rings. The van der Waals surface area contributed by atoms with Crippen LogP contribution in [0, 0.1) is 0 Å². The molecule has 0 bridgehead atoms. The van der Waals surface area contributed by atoms with Crippen LogP contribution >= 0.6 is 23.5 Å². The molecular formula is C15H20N2OS2. The normalized spacial score (nSPS) is 22.9. The van der Waals surface area contributed by atoms with Crippen LogP contribution in [0.1, 0.15) is 5.56 Å². The maximum Gasteiger partial charge on any atom is 0.159 e. The molecule has 0 N–H and O–H groups in total. The van der Waals surface area contributed by atoms with Gasteiger partial charge in [-0.3, -0.25) is 4.99 Å². The van der Waals surface area contributed by atoms with Crippen LogP contribution in [-0.2, 0) is 10.5 Å². The first-order valence-corrected chi connectivity index (χ1v) is 9.11. The zero-order chi connectivity index (χ0) is 13.6. The van der Waals surface area contributed by atoms with Crippen LogP contribution in [0.15, 0.2) is 35.3 Å². The van der Waals surface area contributed by atoms with E-state index in [4.69, 9.17) is 9.73 Å². The van der Waals surface area contributed by atoms with E-state index in [2.05, 4.69) is 35.2 Å². The molecule has 3 rings (SSSR count). The van der Waals surface area contributed by atoms with E-state index in [-0.39, 0.29) is 0 Å². The van der Waals surface area contributed by atoms with Gasteiger partial charge < -0.3 is 9.64 Å². The highest BCUT2D eigenvalue weighted by Crippen LogP contribution is 2.27. The van der Waals surface area contributed by atoms with E-state index in [0.29, 0.717) is 5.25 Å². The Morgan fingerprint density at radius 2 is 2.05 bits per heavy atom. The lowest BCUT2D eigenvalue weighted by molar-refractivity contribution is 0.0693. The molecule has 0 aromatic heterocycles. The summed E-state index contributed by atoms with van der Waals surface area (Å²) < 4.78 is 5.39. The Bertz CT molecular complexity index is 446. The second-order valence-corrected chi connectivity index (χ2v) is 7.26. The summed E-state index contributed by atoms with van der Waals surface area (Å²) in [7, 11) is 0. The summed E-state index contributed by atoms with van der Waals surface area (Å²) in [6.45, 7) is 4.64. The number of aliphatic imine (C=N–C) groups is 1. The number of ether oxygens (including phenoxy) is 1. The third-order valence-electron chi connectivity index (χ3n) is 3.40. The van der Waals surface area contributed by atoms with Crippen molar-refractivity contribution < 1.29 is 4.74 Å². The van der Waals surface area contributed by atoms with Gasteiger partial charge in [-0.05, 0) is 5.56 Å². The van der Waals surface area contributed by atoms with Gasteiger partial charge in [0.05, 0.1) is 19.8 Å². The van der Waals surface area contributed by atoms with Gasteiger partial charge in [-0.15, -0.1) is 0 Å². The molecule has 0 radical (unpaired) electrons. The van der Waals surface area contributed by atoms with Gasteiger partial charge in [0.1, 0.15) is 0 Å². The predicted octanol–water partition coefficient (Wildman–Crippen LogP) is 2.72. The largest absolute Gasteiger partial charge is 0.378 e. The average molecular weight is 308 g/mol. The maximum absolute atomic E-state index is 5.39. The third-order valence-corrected chi connectivity index (χ3v) is 6.03. The number of rotatable bonds is 4. The number of hydrogen-bond acceptors (Lipinski definition) is 5. The Labute approximate surface area is 129 Å².